The van der Waals surface area contributed by atoms with Crippen molar-refractivity contribution in [1.82, 2.24) is 4.90 Å². The third-order valence-electron chi connectivity index (χ3n) is 3.64. The van der Waals surface area contributed by atoms with Crippen LogP contribution >= 0.6 is 0 Å². The van der Waals surface area contributed by atoms with Crippen LogP contribution in [0.5, 0.6) is 0 Å². The predicted octanol–water partition coefficient (Wildman–Crippen LogP) is 1.66. The standard InChI is InChI=1S/C14H29NO3/c1-3-17-11-9-15(10-12-18-4-2)13-5-7-14(16)8-6-13/h13-14,16H,3-12H2,1-2H3. The van der Waals surface area contributed by atoms with E-state index in [-0.39, 0.29) is 6.10 Å². The van der Waals surface area contributed by atoms with Crippen molar-refractivity contribution in [2.24, 2.45) is 0 Å². The maximum absolute atomic E-state index is 9.57. The van der Waals surface area contributed by atoms with Gasteiger partial charge in [-0.25, -0.2) is 0 Å². The molecular weight excluding hydrogens is 230 g/mol. The van der Waals surface area contributed by atoms with Crippen LogP contribution in [0.25, 0.3) is 0 Å². The highest BCUT2D eigenvalue weighted by Gasteiger charge is 2.24. The van der Waals surface area contributed by atoms with Gasteiger partial charge in [-0.05, 0) is 39.5 Å². The molecule has 0 radical (unpaired) electrons. The molecule has 1 aliphatic rings. The maximum atomic E-state index is 9.57. The lowest BCUT2D eigenvalue weighted by Gasteiger charge is -2.35. The molecule has 1 rings (SSSR count). The minimum Gasteiger partial charge on any atom is -0.393 e. The normalized spacial score (nSPS) is 24.7. The first-order chi connectivity index (χ1) is 8.77. The molecule has 1 aliphatic carbocycles. The summed E-state index contributed by atoms with van der Waals surface area (Å²) >= 11 is 0. The van der Waals surface area contributed by atoms with Crippen LogP contribution < -0.4 is 0 Å². The average Bonchev–Trinajstić information content (AvgIpc) is 2.38. The molecular formula is C14H29NO3. The fourth-order valence-corrected chi connectivity index (χ4v) is 2.55. The molecule has 4 nitrogen and oxygen atoms in total. The van der Waals surface area contributed by atoms with Crippen LogP contribution in [0.3, 0.4) is 0 Å². The quantitative estimate of drug-likeness (QED) is 0.640. The molecule has 0 atom stereocenters. The van der Waals surface area contributed by atoms with E-state index >= 15 is 0 Å². The number of hydrogen-bond donors (Lipinski definition) is 1. The van der Waals surface area contributed by atoms with Crippen LogP contribution in [0, 0.1) is 0 Å². The Morgan fingerprint density at radius 1 is 0.944 bits per heavy atom. The lowest BCUT2D eigenvalue weighted by Crippen LogP contribution is -2.42. The Labute approximate surface area is 111 Å². The summed E-state index contributed by atoms with van der Waals surface area (Å²) in [4.78, 5) is 2.47. The maximum Gasteiger partial charge on any atom is 0.0593 e. The lowest BCUT2D eigenvalue weighted by molar-refractivity contribution is 0.0325. The van der Waals surface area contributed by atoms with Crippen LogP contribution in [0.15, 0.2) is 0 Å². The van der Waals surface area contributed by atoms with Gasteiger partial charge in [-0.3, -0.25) is 4.90 Å². The van der Waals surface area contributed by atoms with E-state index in [0.717, 1.165) is 65.2 Å². The molecule has 0 aromatic heterocycles. The summed E-state index contributed by atoms with van der Waals surface area (Å²) < 4.78 is 10.9. The van der Waals surface area contributed by atoms with Gasteiger partial charge in [-0.2, -0.15) is 0 Å². The molecule has 0 spiro atoms. The molecule has 0 aromatic carbocycles. The Morgan fingerprint density at radius 3 is 1.89 bits per heavy atom. The zero-order valence-corrected chi connectivity index (χ0v) is 11.9. The number of aliphatic hydroxyl groups excluding tert-OH is 1. The topological polar surface area (TPSA) is 41.9 Å². The third-order valence-corrected chi connectivity index (χ3v) is 3.64. The molecule has 0 aliphatic heterocycles. The number of rotatable bonds is 9. The van der Waals surface area contributed by atoms with Crippen molar-refractivity contribution in [1.29, 1.82) is 0 Å². The van der Waals surface area contributed by atoms with Crippen molar-refractivity contribution >= 4 is 0 Å². The molecule has 18 heavy (non-hydrogen) atoms. The summed E-state index contributed by atoms with van der Waals surface area (Å²) in [6, 6.07) is 0.592. The number of aliphatic hydroxyl groups is 1. The van der Waals surface area contributed by atoms with E-state index in [1.54, 1.807) is 0 Å². The van der Waals surface area contributed by atoms with E-state index in [1.165, 1.54) is 0 Å². The van der Waals surface area contributed by atoms with E-state index in [1.807, 2.05) is 13.8 Å². The molecule has 0 amide bonds. The van der Waals surface area contributed by atoms with Crippen molar-refractivity contribution in [3.63, 3.8) is 0 Å². The van der Waals surface area contributed by atoms with Gasteiger partial charge in [0.1, 0.15) is 0 Å². The summed E-state index contributed by atoms with van der Waals surface area (Å²) in [6.45, 7) is 9.15. The van der Waals surface area contributed by atoms with Crippen molar-refractivity contribution in [3.8, 4) is 0 Å². The SMILES string of the molecule is CCOCCN(CCOCC)C1CCC(O)CC1. The average molecular weight is 259 g/mol. The summed E-state index contributed by atoms with van der Waals surface area (Å²) in [7, 11) is 0. The molecule has 0 heterocycles. The van der Waals surface area contributed by atoms with Gasteiger partial charge in [0.2, 0.25) is 0 Å². The number of ether oxygens (including phenoxy) is 2. The van der Waals surface area contributed by atoms with Gasteiger partial charge in [-0.15, -0.1) is 0 Å². The highest BCUT2D eigenvalue weighted by atomic mass is 16.5. The van der Waals surface area contributed by atoms with Crippen LogP contribution in [-0.4, -0.2) is 61.7 Å². The van der Waals surface area contributed by atoms with Gasteiger partial charge < -0.3 is 14.6 Å². The second-order valence-electron chi connectivity index (χ2n) is 4.89. The van der Waals surface area contributed by atoms with Crippen molar-refractivity contribution in [3.05, 3.63) is 0 Å². The highest BCUT2D eigenvalue weighted by molar-refractivity contribution is 4.79. The van der Waals surface area contributed by atoms with Crippen LogP contribution in [0.1, 0.15) is 39.5 Å². The first-order valence-electron chi connectivity index (χ1n) is 7.35. The van der Waals surface area contributed by atoms with Gasteiger partial charge >= 0.3 is 0 Å². The van der Waals surface area contributed by atoms with Crippen molar-refractivity contribution < 1.29 is 14.6 Å². The van der Waals surface area contributed by atoms with E-state index in [9.17, 15) is 5.11 Å². The molecule has 1 N–H and O–H groups in total. The minimum absolute atomic E-state index is 0.0816. The van der Waals surface area contributed by atoms with Crippen LogP contribution in [-0.2, 0) is 9.47 Å². The second kappa shape index (κ2) is 9.73. The van der Waals surface area contributed by atoms with Gasteiger partial charge in [-0.1, -0.05) is 0 Å². The van der Waals surface area contributed by atoms with E-state index < -0.39 is 0 Å². The molecule has 108 valence electrons. The third kappa shape index (κ3) is 6.14. The van der Waals surface area contributed by atoms with E-state index in [4.69, 9.17) is 9.47 Å². The van der Waals surface area contributed by atoms with Gasteiger partial charge in [0, 0.05) is 32.3 Å². The first kappa shape index (κ1) is 15.9. The summed E-state index contributed by atoms with van der Waals surface area (Å²) in [5.74, 6) is 0. The Morgan fingerprint density at radius 2 is 1.44 bits per heavy atom. The molecule has 0 aromatic rings. The molecule has 4 heteroatoms. The Kier molecular flexibility index (Phi) is 8.59. The zero-order chi connectivity index (χ0) is 13.2. The van der Waals surface area contributed by atoms with Crippen molar-refractivity contribution in [2.75, 3.05) is 39.5 Å². The molecule has 1 fully saturated rings. The second-order valence-corrected chi connectivity index (χ2v) is 4.89. The van der Waals surface area contributed by atoms with E-state index in [0.29, 0.717) is 6.04 Å². The molecule has 0 bridgehead atoms. The minimum atomic E-state index is -0.0816. The Balaban J connectivity index is 2.32. The lowest BCUT2D eigenvalue weighted by atomic mass is 9.92. The Bertz CT molecular complexity index is 183. The van der Waals surface area contributed by atoms with Gasteiger partial charge in [0.15, 0.2) is 0 Å². The first-order valence-corrected chi connectivity index (χ1v) is 7.35. The number of hydrogen-bond acceptors (Lipinski definition) is 4. The summed E-state index contributed by atoms with van der Waals surface area (Å²) in [6.07, 6.45) is 3.98. The molecule has 0 unspecified atom stereocenters. The predicted molar refractivity (Wildman–Crippen MR) is 72.8 cm³/mol. The Hall–Kier alpha value is -0.160. The van der Waals surface area contributed by atoms with Gasteiger partial charge in [0.05, 0.1) is 19.3 Å². The zero-order valence-electron chi connectivity index (χ0n) is 11.9. The van der Waals surface area contributed by atoms with Crippen LogP contribution in [0.2, 0.25) is 0 Å². The summed E-state index contributed by atoms with van der Waals surface area (Å²) in [5.41, 5.74) is 0. The largest absolute Gasteiger partial charge is 0.393 e. The monoisotopic (exact) mass is 259 g/mol. The fourth-order valence-electron chi connectivity index (χ4n) is 2.55. The van der Waals surface area contributed by atoms with Crippen LogP contribution in [0.4, 0.5) is 0 Å². The smallest absolute Gasteiger partial charge is 0.0593 e. The summed E-state index contributed by atoms with van der Waals surface area (Å²) in [5, 5.41) is 9.57. The molecule has 1 saturated carbocycles. The molecule has 0 saturated heterocycles. The highest BCUT2D eigenvalue weighted by Crippen LogP contribution is 2.22. The van der Waals surface area contributed by atoms with E-state index in [2.05, 4.69) is 4.90 Å². The number of nitrogens with zero attached hydrogens (tertiary/aromatic N) is 1. The fraction of sp³-hybridized carbons (Fsp3) is 1.00. The van der Waals surface area contributed by atoms with Crippen molar-refractivity contribution in [2.45, 2.75) is 51.7 Å². The van der Waals surface area contributed by atoms with Gasteiger partial charge in [0.25, 0.3) is 0 Å².